The van der Waals surface area contributed by atoms with Gasteiger partial charge < -0.3 is 18.9 Å². The molecule has 0 spiro atoms. The molecule has 0 saturated carbocycles. The number of ether oxygens (including phenoxy) is 4. The number of rotatable bonds is 11. The molecule has 0 saturated heterocycles. The van der Waals surface area contributed by atoms with Crippen LogP contribution in [0.1, 0.15) is 27.8 Å². The van der Waals surface area contributed by atoms with Crippen LogP contribution in [0.3, 0.4) is 0 Å². The van der Waals surface area contributed by atoms with Crippen LogP contribution in [0.15, 0.2) is 152 Å². The third-order valence-electron chi connectivity index (χ3n) is 9.65. The maximum atomic E-state index is 14.9. The van der Waals surface area contributed by atoms with Gasteiger partial charge in [0.25, 0.3) is 0 Å². The second kappa shape index (κ2) is 21.8. The molecule has 331 valence electrons. The molecule has 0 fully saturated rings. The fourth-order valence-corrected chi connectivity index (χ4v) is 7.07. The van der Waals surface area contributed by atoms with Gasteiger partial charge in [-0.1, -0.05) is 89.9 Å². The minimum atomic E-state index is -5.88. The molecule has 0 aromatic heterocycles. The van der Waals surface area contributed by atoms with Gasteiger partial charge in [-0.2, -0.15) is 42.1 Å². The average Bonchev–Trinajstić information content (AvgIpc) is 3.28. The van der Waals surface area contributed by atoms with Crippen LogP contribution in [0.25, 0.3) is 11.1 Å². The van der Waals surface area contributed by atoms with Crippen molar-refractivity contribution in [3.05, 3.63) is 190 Å². The van der Waals surface area contributed by atoms with E-state index in [9.17, 15) is 42.1 Å². The van der Waals surface area contributed by atoms with E-state index in [1.807, 2.05) is 30.3 Å². The van der Waals surface area contributed by atoms with Gasteiger partial charge in [0.2, 0.25) is 5.41 Å². The Labute approximate surface area is 412 Å². The molecule has 0 bridgehead atoms. The molecule has 18 heteroatoms. The molecule has 7 nitrogen and oxygen atoms in total. The van der Waals surface area contributed by atoms with Crippen molar-refractivity contribution in [2.45, 2.75) is 17.8 Å². The number of halogens is 10. The van der Waals surface area contributed by atoms with Crippen LogP contribution in [-0.2, 0) is 14.9 Å². The summed E-state index contributed by atoms with van der Waals surface area (Å²) in [5.41, 5.74) is -5.09. The van der Waals surface area contributed by atoms with Crippen LogP contribution in [0.4, 0.5) is 26.3 Å². The van der Waals surface area contributed by atoms with Gasteiger partial charge in [0.1, 0.15) is 80.9 Å². The monoisotopic (exact) mass is 1200 g/mol. The Hall–Kier alpha value is -5.59. The third-order valence-corrected chi connectivity index (χ3v) is 10.3. The van der Waals surface area contributed by atoms with Gasteiger partial charge in [0.15, 0.2) is 0 Å². The predicted octanol–water partition coefficient (Wildman–Crippen LogP) is 16.6. The van der Waals surface area contributed by atoms with Gasteiger partial charge in [-0.05, 0) is 107 Å². The molecular weight excluding hydrogens is 1170 g/mol. The van der Waals surface area contributed by atoms with Crippen molar-refractivity contribution in [2.75, 3.05) is 0 Å². The van der Waals surface area contributed by atoms with Crippen LogP contribution in [-0.4, -0.2) is 12.4 Å². The number of hydrogen-bond acceptors (Lipinski definition) is 7. The fourth-order valence-electron chi connectivity index (χ4n) is 6.65. The first-order valence-electron chi connectivity index (χ1n) is 18.7. The summed E-state index contributed by atoms with van der Waals surface area (Å²) in [4.78, 5) is 0. The minimum absolute atomic E-state index is 0.0417. The Morgan fingerprint density at radius 2 is 0.667 bits per heavy atom. The van der Waals surface area contributed by atoms with Gasteiger partial charge in [-0.15, -0.1) is 0 Å². The van der Waals surface area contributed by atoms with Crippen LogP contribution in [0.2, 0.25) is 10.0 Å². The molecule has 66 heavy (non-hydrogen) atoms. The standard InChI is InChI=1S/C48H25Cl2F6N3O4.2HI.V/c49-40-4-1-6-42(37(40)26-57)60-33-18-10-29(11-19-33)30-12-20-34(21-13-30)62-44-8-3-9-45(39(44)28-59)63-36-24-16-32(17-25-36)46(47(51,52)53,48(54,55)56)31-14-22-35(23-15-31)61-43-7-2-5-41(50)38(43)27-58;;;/h1-25H;2*1H;/q;;;+2/p-2. The summed E-state index contributed by atoms with van der Waals surface area (Å²) in [5.74, 6) is 0.783. The van der Waals surface area contributed by atoms with Crippen molar-refractivity contribution in [3.8, 4) is 75.3 Å². The van der Waals surface area contributed by atoms with E-state index in [-0.39, 0.29) is 55.5 Å². The topological polar surface area (TPSA) is 108 Å². The summed E-state index contributed by atoms with van der Waals surface area (Å²) in [5, 5.41) is 29.2. The third kappa shape index (κ3) is 11.0. The van der Waals surface area contributed by atoms with Crippen LogP contribution in [0.5, 0.6) is 46.0 Å². The van der Waals surface area contributed by atoms with E-state index in [0.717, 1.165) is 35.4 Å². The zero-order valence-corrected chi connectivity index (χ0v) is 40.4. The van der Waals surface area contributed by atoms with E-state index in [1.54, 1.807) is 54.6 Å². The first kappa shape index (κ1) is 49.8. The van der Waals surface area contributed by atoms with Crippen molar-refractivity contribution in [3.63, 3.8) is 0 Å². The molecule has 0 unspecified atom stereocenters. The molecule has 0 radical (unpaired) electrons. The van der Waals surface area contributed by atoms with Crippen molar-refractivity contribution in [1.82, 2.24) is 0 Å². The first-order chi connectivity index (χ1) is 31.6. The molecule has 0 aliphatic carbocycles. The zero-order chi connectivity index (χ0) is 47.6. The van der Waals surface area contributed by atoms with E-state index in [1.165, 1.54) is 36.4 Å². The quantitative estimate of drug-likeness (QED) is 0.0937. The van der Waals surface area contributed by atoms with Crippen molar-refractivity contribution in [1.29, 1.82) is 15.8 Å². The second-order valence-electron chi connectivity index (χ2n) is 13.5. The van der Waals surface area contributed by atoms with Gasteiger partial charge in [0.05, 0.1) is 10.0 Å². The molecule has 0 heterocycles. The van der Waals surface area contributed by atoms with E-state index in [0.29, 0.717) is 51.0 Å². The van der Waals surface area contributed by atoms with Crippen molar-refractivity contribution >= 4 is 63.2 Å². The summed E-state index contributed by atoms with van der Waals surface area (Å²) in [6, 6.07) is 39.7. The van der Waals surface area contributed by atoms with Gasteiger partial charge in [-0.25, -0.2) is 0 Å². The molecule has 7 rings (SSSR count). The Kier molecular flexibility index (Phi) is 16.5. The van der Waals surface area contributed by atoms with E-state index >= 15 is 0 Å². The second-order valence-corrected chi connectivity index (χ2v) is 26.1. The molecular formula is C48H25Cl2F6I2N3O4V. The molecule has 0 aliphatic rings. The summed E-state index contributed by atoms with van der Waals surface area (Å²) in [6.07, 6.45) is -11.8. The zero-order valence-electron chi connectivity index (χ0n) is 33.1. The summed E-state index contributed by atoms with van der Waals surface area (Å²) in [7, 11) is 0.628. The normalized spacial score (nSPS) is 11.1. The maximum absolute atomic E-state index is 14.9. The van der Waals surface area contributed by atoms with Crippen molar-refractivity contribution < 1.29 is 54.8 Å². The summed E-state index contributed by atoms with van der Waals surface area (Å²) >= 11 is 16.9. The summed E-state index contributed by atoms with van der Waals surface area (Å²) in [6.45, 7) is 0. The van der Waals surface area contributed by atoms with E-state index in [2.05, 4.69) is 40.0 Å². The Bertz CT molecular complexity index is 2950. The Balaban J connectivity index is 0.00000234. The average molecular weight is 1200 g/mol. The number of alkyl halides is 6. The molecule has 0 atom stereocenters. The van der Waals surface area contributed by atoms with Gasteiger partial charge in [-0.3, -0.25) is 0 Å². The van der Waals surface area contributed by atoms with E-state index in [4.69, 9.17) is 42.1 Å². The first-order valence-corrected chi connectivity index (χ1v) is 28.4. The predicted molar refractivity (Wildman–Crippen MR) is 249 cm³/mol. The van der Waals surface area contributed by atoms with Crippen LogP contribution < -0.4 is 18.9 Å². The number of nitrogens with zero attached hydrogens (tertiary/aromatic N) is 3. The van der Waals surface area contributed by atoms with Crippen LogP contribution in [0, 0.1) is 34.0 Å². The summed E-state index contributed by atoms with van der Waals surface area (Å²) < 4.78 is 113. The molecule has 0 aliphatic heterocycles. The Morgan fingerprint density at radius 3 is 0.939 bits per heavy atom. The molecule has 7 aromatic carbocycles. The molecule has 0 amide bonds. The van der Waals surface area contributed by atoms with Gasteiger partial charge in [0, 0.05) is 0 Å². The van der Waals surface area contributed by atoms with Crippen LogP contribution >= 0.6 is 63.2 Å². The molecule has 7 aromatic rings. The number of hydrogen-bond donors (Lipinski definition) is 0. The fraction of sp³-hybridized carbons (Fsp3) is 0.0625. The van der Waals surface area contributed by atoms with E-state index < -0.39 is 28.9 Å². The number of benzene rings is 7. The molecule has 0 N–H and O–H groups in total. The van der Waals surface area contributed by atoms with Gasteiger partial charge >= 0.3 is 61.8 Å². The SMILES string of the molecule is N#Cc1c(Cl)cccc1Oc1ccc(-c2ccc(Oc3cccc(Oc4ccc(C(c5ccc(Oc6cccc(Cl)c6C#N)cc5)(C(F)(F)F)C(F)(F)F)cc4)c3C#N)cc2)cc1.[I][V][I]. The number of nitriles is 3. The van der Waals surface area contributed by atoms with Crippen molar-refractivity contribution in [2.24, 2.45) is 0 Å². The Morgan fingerprint density at radius 1 is 0.409 bits per heavy atom.